The summed E-state index contributed by atoms with van der Waals surface area (Å²) in [7, 11) is 0. The van der Waals surface area contributed by atoms with Gasteiger partial charge in [0.25, 0.3) is 0 Å². The Balaban J connectivity index is 0. The summed E-state index contributed by atoms with van der Waals surface area (Å²) in [5.74, 6) is 0.271. The summed E-state index contributed by atoms with van der Waals surface area (Å²) in [6, 6.07) is 0.220. The fourth-order valence-corrected chi connectivity index (χ4v) is 1.79. The maximum atomic E-state index is 12.2. The summed E-state index contributed by atoms with van der Waals surface area (Å²) in [5, 5.41) is 3.03. The minimum absolute atomic E-state index is 0.0201. The maximum absolute atomic E-state index is 12.2. The lowest BCUT2D eigenvalue weighted by atomic mass is 9.71. The van der Waals surface area contributed by atoms with Gasteiger partial charge >= 0.3 is 0 Å². The Morgan fingerprint density at radius 3 is 1.61 bits per heavy atom. The van der Waals surface area contributed by atoms with Gasteiger partial charge in [-0.2, -0.15) is 0 Å². The predicted octanol–water partition coefficient (Wildman–Crippen LogP) is 4.64. The Labute approximate surface area is 115 Å². The maximum Gasteiger partial charge on any atom is 0.223 e. The van der Waals surface area contributed by atoms with Gasteiger partial charge in [0.05, 0.1) is 0 Å². The van der Waals surface area contributed by atoms with Crippen molar-refractivity contribution < 1.29 is 4.79 Å². The number of amides is 1. The highest BCUT2D eigenvalue weighted by Gasteiger charge is 2.34. The highest BCUT2D eigenvalue weighted by Crippen LogP contribution is 2.36. The van der Waals surface area contributed by atoms with Crippen molar-refractivity contribution in [2.24, 2.45) is 16.7 Å². The molecular formula is C16H35NO. The van der Waals surface area contributed by atoms with E-state index >= 15 is 0 Å². The lowest BCUT2D eigenvalue weighted by Crippen LogP contribution is -2.42. The molecule has 0 aromatic carbocycles. The van der Waals surface area contributed by atoms with Crippen molar-refractivity contribution in [3.05, 3.63) is 0 Å². The summed E-state index contributed by atoms with van der Waals surface area (Å²) < 4.78 is 0. The van der Waals surface area contributed by atoms with Crippen LogP contribution in [-0.2, 0) is 4.79 Å². The van der Waals surface area contributed by atoms with Crippen molar-refractivity contribution in [2.45, 2.75) is 81.7 Å². The Morgan fingerprint density at radius 1 is 1.00 bits per heavy atom. The molecule has 0 rings (SSSR count). The third-order valence-electron chi connectivity index (χ3n) is 2.61. The minimum Gasteiger partial charge on any atom is -0.354 e. The molecule has 2 heteroatoms. The Morgan fingerprint density at radius 2 is 1.39 bits per heavy atom. The molecular weight excluding hydrogens is 222 g/mol. The van der Waals surface area contributed by atoms with Crippen molar-refractivity contribution in [3.63, 3.8) is 0 Å². The van der Waals surface area contributed by atoms with E-state index in [1.54, 1.807) is 0 Å². The zero-order valence-corrected chi connectivity index (χ0v) is 14.3. The first-order valence-corrected chi connectivity index (χ1v) is 7.24. The van der Waals surface area contributed by atoms with E-state index in [0.29, 0.717) is 0 Å². The molecule has 1 N–H and O–H groups in total. The average molecular weight is 257 g/mol. The number of carbonyl (C=O) groups excluding carboxylic acids is 1. The number of rotatable bonds is 3. The molecule has 0 radical (unpaired) electrons. The minimum atomic E-state index is 0.0201. The molecule has 0 aliphatic rings. The second-order valence-corrected chi connectivity index (χ2v) is 7.35. The average Bonchev–Trinajstić information content (AvgIpc) is 2.13. The molecule has 0 saturated carbocycles. The standard InChI is InChI=1S/C14H29NO.C2H6/c1-10(2)15-12(16)11(14(6,7)8)9-13(3,4)5;1-2/h10-11H,9H2,1-8H3,(H,15,16);1-2H3. The van der Waals surface area contributed by atoms with Crippen LogP contribution in [0.15, 0.2) is 0 Å². The van der Waals surface area contributed by atoms with Crippen LogP contribution in [0, 0.1) is 16.7 Å². The first-order valence-electron chi connectivity index (χ1n) is 7.24. The lowest BCUT2D eigenvalue weighted by Gasteiger charge is -2.35. The molecule has 0 fully saturated rings. The number of hydrogen-bond donors (Lipinski definition) is 1. The van der Waals surface area contributed by atoms with Crippen LogP contribution in [0.25, 0.3) is 0 Å². The highest BCUT2D eigenvalue weighted by atomic mass is 16.2. The zero-order valence-electron chi connectivity index (χ0n) is 14.3. The van der Waals surface area contributed by atoms with Crippen molar-refractivity contribution in [3.8, 4) is 0 Å². The predicted molar refractivity (Wildman–Crippen MR) is 81.6 cm³/mol. The lowest BCUT2D eigenvalue weighted by molar-refractivity contribution is -0.130. The second kappa shape index (κ2) is 7.81. The molecule has 1 atom stereocenters. The van der Waals surface area contributed by atoms with Gasteiger partial charge in [0.2, 0.25) is 5.91 Å². The Kier molecular flexibility index (Phi) is 8.59. The van der Waals surface area contributed by atoms with Crippen LogP contribution in [0.2, 0.25) is 0 Å². The smallest absolute Gasteiger partial charge is 0.223 e. The molecule has 0 aliphatic heterocycles. The topological polar surface area (TPSA) is 29.1 Å². The molecule has 0 aromatic heterocycles. The van der Waals surface area contributed by atoms with Crippen LogP contribution in [0.5, 0.6) is 0 Å². The quantitative estimate of drug-likeness (QED) is 0.784. The van der Waals surface area contributed by atoms with Crippen molar-refractivity contribution in [1.29, 1.82) is 0 Å². The molecule has 2 nitrogen and oxygen atoms in total. The Bertz CT molecular complexity index is 230. The molecule has 0 aliphatic carbocycles. The molecule has 1 amide bonds. The molecule has 0 bridgehead atoms. The molecule has 0 heterocycles. The normalized spacial score (nSPS) is 13.7. The van der Waals surface area contributed by atoms with Crippen LogP contribution in [0.3, 0.4) is 0 Å². The summed E-state index contributed by atoms with van der Waals surface area (Å²) in [5.41, 5.74) is 0.207. The van der Waals surface area contributed by atoms with E-state index in [2.05, 4.69) is 46.9 Å². The van der Waals surface area contributed by atoms with Crippen LogP contribution in [0.1, 0.15) is 75.7 Å². The summed E-state index contributed by atoms with van der Waals surface area (Å²) in [4.78, 5) is 12.2. The van der Waals surface area contributed by atoms with Crippen molar-refractivity contribution in [1.82, 2.24) is 5.32 Å². The van der Waals surface area contributed by atoms with Gasteiger partial charge in [-0.15, -0.1) is 0 Å². The van der Waals surface area contributed by atoms with Gasteiger partial charge in [-0.05, 0) is 31.1 Å². The SMILES string of the molecule is CC.CC(C)NC(=O)C(CC(C)(C)C)C(C)(C)C. The molecule has 18 heavy (non-hydrogen) atoms. The monoisotopic (exact) mass is 257 g/mol. The van der Waals surface area contributed by atoms with Gasteiger partial charge in [0, 0.05) is 12.0 Å². The second-order valence-electron chi connectivity index (χ2n) is 7.35. The van der Waals surface area contributed by atoms with Crippen molar-refractivity contribution >= 4 is 5.91 Å². The van der Waals surface area contributed by atoms with E-state index in [1.807, 2.05) is 27.7 Å². The van der Waals surface area contributed by atoms with Crippen LogP contribution in [-0.4, -0.2) is 11.9 Å². The molecule has 0 aromatic rings. The van der Waals surface area contributed by atoms with E-state index in [-0.39, 0.29) is 28.7 Å². The van der Waals surface area contributed by atoms with Gasteiger partial charge in [0.15, 0.2) is 0 Å². The fourth-order valence-electron chi connectivity index (χ4n) is 1.79. The summed E-state index contributed by atoms with van der Waals surface area (Å²) >= 11 is 0. The third-order valence-corrected chi connectivity index (χ3v) is 2.61. The van der Waals surface area contributed by atoms with Gasteiger partial charge in [-0.1, -0.05) is 55.4 Å². The summed E-state index contributed by atoms with van der Waals surface area (Å²) in [6.45, 7) is 21.0. The molecule has 110 valence electrons. The zero-order chi connectivity index (χ0) is 15.1. The molecule has 0 spiro atoms. The van der Waals surface area contributed by atoms with Gasteiger partial charge in [0.1, 0.15) is 0 Å². The highest BCUT2D eigenvalue weighted by molar-refractivity contribution is 5.79. The van der Waals surface area contributed by atoms with E-state index in [0.717, 1.165) is 6.42 Å². The summed E-state index contributed by atoms with van der Waals surface area (Å²) in [6.07, 6.45) is 0.926. The number of hydrogen-bond acceptors (Lipinski definition) is 1. The third kappa shape index (κ3) is 9.49. The van der Waals surface area contributed by atoms with E-state index in [1.165, 1.54) is 0 Å². The first-order chi connectivity index (χ1) is 7.93. The number of nitrogens with one attached hydrogen (secondary N) is 1. The molecule has 0 saturated heterocycles. The van der Waals surface area contributed by atoms with Crippen LogP contribution < -0.4 is 5.32 Å². The fraction of sp³-hybridized carbons (Fsp3) is 0.938. The van der Waals surface area contributed by atoms with Gasteiger partial charge in [-0.3, -0.25) is 4.79 Å². The number of carbonyl (C=O) groups is 1. The first kappa shape index (κ1) is 19.8. The van der Waals surface area contributed by atoms with Gasteiger partial charge < -0.3 is 5.32 Å². The largest absolute Gasteiger partial charge is 0.354 e. The van der Waals surface area contributed by atoms with Crippen LogP contribution >= 0.6 is 0 Å². The van der Waals surface area contributed by atoms with Crippen LogP contribution in [0.4, 0.5) is 0 Å². The van der Waals surface area contributed by atoms with Crippen molar-refractivity contribution in [2.75, 3.05) is 0 Å². The molecule has 1 unspecified atom stereocenters. The van der Waals surface area contributed by atoms with Gasteiger partial charge in [-0.25, -0.2) is 0 Å². The van der Waals surface area contributed by atoms with E-state index in [4.69, 9.17) is 0 Å². The van der Waals surface area contributed by atoms with E-state index < -0.39 is 0 Å². The van der Waals surface area contributed by atoms with E-state index in [9.17, 15) is 4.79 Å². The Hall–Kier alpha value is -0.530.